The maximum Gasteiger partial charge on any atom is 0.0498 e. The first-order valence-corrected chi connectivity index (χ1v) is 6.08. The number of hydrogen-bond donors (Lipinski definition) is 1. The summed E-state index contributed by atoms with van der Waals surface area (Å²) in [4.78, 5) is 7.86. The van der Waals surface area contributed by atoms with Crippen LogP contribution in [0, 0.1) is 6.92 Å². The summed E-state index contributed by atoms with van der Waals surface area (Å²) in [6.07, 6.45) is 1.96. The van der Waals surface area contributed by atoms with Crippen molar-refractivity contribution in [2.45, 2.75) is 6.92 Å². The van der Waals surface area contributed by atoms with Crippen LogP contribution in [0.25, 0.3) is 32.6 Å². The van der Waals surface area contributed by atoms with Crippen LogP contribution in [-0.4, -0.2) is 9.97 Å². The Kier molecular flexibility index (Phi) is 1.78. The highest BCUT2D eigenvalue weighted by molar-refractivity contribution is 6.11. The number of aryl methyl sites for hydroxylation is 1. The molecule has 2 heterocycles. The van der Waals surface area contributed by atoms with Gasteiger partial charge in [0, 0.05) is 33.7 Å². The average molecular weight is 232 g/mol. The molecule has 1 N–H and O–H groups in total. The Morgan fingerprint density at radius 3 is 2.44 bits per heavy atom. The van der Waals surface area contributed by atoms with Crippen molar-refractivity contribution in [1.82, 2.24) is 9.97 Å². The molecule has 2 nitrogen and oxygen atoms in total. The fraction of sp³-hybridized carbons (Fsp3) is 0.0625. The third-order valence-electron chi connectivity index (χ3n) is 3.49. The lowest BCUT2D eigenvalue weighted by molar-refractivity contribution is 1.22. The predicted octanol–water partition coefficient (Wildman–Crippen LogP) is 4.18. The zero-order valence-electron chi connectivity index (χ0n) is 10.1. The molecule has 0 aliphatic carbocycles. The fourth-order valence-corrected chi connectivity index (χ4v) is 2.59. The van der Waals surface area contributed by atoms with Crippen molar-refractivity contribution < 1.29 is 0 Å². The van der Waals surface area contributed by atoms with E-state index < -0.39 is 0 Å². The van der Waals surface area contributed by atoms with E-state index in [4.69, 9.17) is 0 Å². The van der Waals surface area contributed by atoms with Gasteiger partial charge in [0.05, 0.1) is 0 Å². The summed E-state index contributed by atoms with van der Waals surface area (Å²) in [5.74, 6) is 0. The number of nitrogens with zero attached hydrogens (tertiary/aromatic N) is 1. The molecule has 4 aromatic rings. The molecule has 0 unspecified atom stereocenters. The Morgan fingerprint density at radius 1 is 0.889 bits per heavy atom. The first-order valence-electron chi connectivity index (χ1n) is 6.08. The average Bonchev–Trinajstić information content (AvgIpc) is 2.72. The normalized spacial score (nSPS) is 11.6. The first kappa shape index (κ1) is 9.66. The van der Waals surface area contributed by atoms with Crippen molar-refractivity contribution in [3.63, 3.8) is 0 Å². The summed E-state index contributed by atoms with van der Waals surface area (Å²) in [7, 11) is 0. The Hall–Kier alpha value is -2.35. The van der Waals surface area contributed by atoms with Crippen molar-refractivity contribution >= 4 is 32.6 Å². The highest BCUT2D eigenvalue weighted by atomic mass is 14.7. The van der Waals surface area contributed by atoms with Crippen molar-refractivity contribution in [3.05, 3.63) is 54.4 Å². The molecule has 0 spiro atoms. The summed E-state index contributed by atoms with van der Waals surface area (Å²) in [5, 5.41) is 4.98. The van der Waals surface area contributed by atoms with Crippen LogP contribution >= 0.6 is 0 Å². The second kappa shape index (κ2) is 3.33. The summed E-state index contributed by atoms with van der Waals surface area (Å²) in [6.45, 7) is 2.02. The number of aromatic amines is 1. The quantitative estimate of drug-likeness (QED) is 0.484. The molecular formula is C16H12N2. The molecule has 2 aromatic carbocycles. The molecule has 2 heteroatoms. The van der Waals surface area contributed by atoms with Gasteiger partial charge in [-0.15, -0.1) is 0 Å². The van der Waals surface area contributed by atoms with Gasteiger partial charge in [0.15, 0.2) is 0 Å². The minimum Gasteiger partial charge on any atom is -0.354 e. The van der Waals surface area contributed by atoms with Gasteiger partial charge in [0.1, 0.15) is 0 Å². The standard InChI is InChI=1S/C16H12N2/c1-10-6-15-14(9-17-10)13-7-11-4-2-3-5-12(11)8-16(13)18-15/h2-9,18H,1H3. The Balaban J connectivity index is 2.23. The Labute approximate surface area is 104 Å². The molecule has 0 saturated carbocycles. The molecule has 0 atom stereocenters. The number of fused-ring (bicyclic) bond motifs is 4. The monoisotopic (exact) mass is 232 g/mol. The molecule has 0 radical (unpaired) electrons. The van der Waals surface area contributed by atoms with Gasteiger partial charge in [-0.05, 0) is 35.9 Å². The summed E-state index contributed by atoms with van der Waals surface area (Å²) in [6, 6.07) is 15.0. The minimum absolute atomic E-state index is 1.04. The van der Waals surface area contributed by atoms with E-state index >= 15 is 0 Å². The molecule has 18 heavy (non-hydrogen) atoms. The lowest BCUT2D eigenvalue weighted by Gasteiger charge is -1.97. The van der Waals surface area contributed by atoms with E-state index in [-0.39, 0.29) is 0 Å². The third-order valence-corrected chi connectivity index (χ3v) is 3.49. The van der Waals surface area contributed by atoms with E-state index in [0.717, 1.165) is 11.2 Å². The van der Waals surface area contributed by atoms with Crippen LogP contribution in [0.4, 0.5) is 0 Å². The molecular weight excluding hydrogens is 220 g/mol. The highest BCUT2D eigenvalue weighted by Crippen LogP contribution is 2.29. The van der Waals surface area contributed by atoms with Crippen LogP contribution in [0.5, 0.6) is 0 Å². The van der Waals surface area contributed by atoms with E-state index in [1.54, 1.807) is 0 Å². The smallest absolute Gasteiger partial charge is 0.0498 e. The van der Waals surface area contributed by atoms with Crippen molar-refractivity contribution in [2.24, 2.45) is 0 Å². The Bertz CT molecular complexity index is 887. The number of H-pyrrole nitrogens is 1. The topological polar surface area (TPSA) is 28.7 Å². The lowest BCUT2D eigenvalue weighted by atomic mass is 10.1. The van der Waals surface area contributed by atoms with E-state index in [2.05, 4.69) is 52.4 Å². The van der Waals surface area contributed by atoms with Crippen LogP contribution in [0.15, 0.2) is 48.7 Å². The SMILES string of the molecule is Cc1cc2[nH]c3cc4ccccc4cc3c2cn1. The third kappa shape index (κ3) is 1.26. The predicted molar refractivity (Wildman–Crippen MR) is 75.8 cm³/mol. The van der Waals surface area contributed by atoms with Crippen molar-refractivity contribution in [3.8, 4) is 0 Å². The van der Waals surface area contributed by atoms with Gasteiger partial charge in [-0.1, -0.05) is 24.3 Å². The maximum absolute atomic E-state index is 4.39. The van der Waals surface area contributed by atoms with Gasteiger partial charge >= 0.3 is 0 Å². The van der Waals surface area contributed by atoms with Gasteiger partial charge in [-0.3, -0.25) is 4.98 Å². The van der Waals surface area contributed by atoms with Gasteiger partial charge in [-0.25, -0.2) is 0 Å². The lowest BCUT2D eigenvalue weighted by Crippen LogP contribution is -1.78. The molecule has 0 aliphatic heterocycles. The van der Waals surface area contributed by atoms with Gasteiger partial charge < -0.3 is 4.98 Å². The molecule has 86 valence electrons. The first-order chi connectivity index (χ1) is 8.81. The van der Waals surface area contributed by atoms with Crippen molar-refractivity contribution in [2.75, 3.05) is 0 Å². The number of hydrogen-bond acceptors (Lipinski definition) is 1. The summed E-state index contributed by atoms with van der Waals surface area (Å²) < 4.78 is 0. The summed E-state index contributed by atoms with van der Waals surface area (Å²) >= 11 is 0. The molecule has 0 saturated heterocycles. The molecule has 0 bridgehead atoms. The number of nitrogens with one attached hydrogen (secondary N) is 1. The second-order valence-electron chi connectivity index (χ2n) is 4.74. The largest absolute Gasteiger partial charge is 0.354 e. The molecule has 2 aromatic heterocycles. The number of benzene rings is 2. The molecule has 0 fully saturated rings. The molecule has 0 amide bonds. The van der Waals surface area contributed by atoms with Gasteiger partial charge in [0.25, 0.3) is 0 Å². The maximum atomic E-state index is 4.39. The van der Waals surface area contributed by atoms with Crippen LogP contribution in [-0.2, 0) is 0 Å². The van der Waals surface area contributed by atoms with E-state index in [1.807, 2.05) is 13.1 Å². The van der Waals surface area contributed by atoms with Crippen LogP contribution < -0.4 is 0 Å². The minimum atomic E-state index is 1.04. The molecule has 0 aliphatic rings. The number of aromatic nitrogens is 2. The van der Waals surface area contributed by atoms with Crippen LogP contribution in [0.1, 0.15) is 5.69 Å². The van der Waals surface area contributed by atoms with E-state index in [0.29, 0.717) is 0 Å². The zero-order valence-corrected chi connectivity index (χ0v) is 10.1. The van der Waals surface area contributed by atoms with E-state index in [9.17, 15) is 0 Å². The fourth-order valence-electron chi connectivity index (χ4n) is 2.59. The van der Waals surface area contributed by atoms with Crippen LogP contribution in [0.2, 0.25) is 0 Å². The highest BCUT2D eigenvalue weighted by Gasteiger charge is 2.06. The number of rotatable bonds is 0. The number of pyridine rings is 1. The van der Waals surface area contributed by atoms with Gasteiger partial charge in [-0.2, -0.15) is 0 Å². The van der Waals surface area contributed by atoms with Gasteiger partial charge in [0.2, 0.25) is 0 Å². The van der Waals surface area contributed by atoms with E-state index in [1.165, 1.54) is 27.1 Å². The van der Waals surface area contributed by atoms with Crippen molar-refractivity contribution in [1.29, 1.82) is 0 Å². The molecule has 4 rings (SSSR count). The second-order valence-corrected chi connectivity index (χ2v) is 4.74. The summed E-state index contributed by atoms with van der Waals surface area (Å²) in [5.41, 5.74) is 3.38. The van der Waals surface area contributed by atoms with Crippen LogP contribution in [0.3, 0.4) is 0 Å². The Morgan fingerprint density at radius 2 is 1.61 bits per heavy atom. The zero-order chi connectivity index (χ0) is 12.1.